The summed E-state index contributed by atoms with van der Waals surface area (Å²) in [5.41, 5.74) is 0.968. The van der Waals surface area contributed by atoms with E-state index in [9.17, 15) is 4.79 Å². The lowest BCUT2D eigenvalue weighted by Crippen LogP contribution is -2.25. The maximum atomic E-state index is 12.1. The summed E-state index contributed by atoms with van der Waals surface area (Å²) < 4.78 is 1.56. The van der Waals surface area contributed by atoms with E-state index in [-0.39, 0.29) is 11.1 Å². The van der Waals surface area contributed by atoms with Gasteiger partial charge in [0.05, 0.1) is 5.52 Å². The molecule has 0 saturated carbocycles. The van der Waals surface area contributed by atoms with E-state index in [1.165, 1.54) is 0 Å². The fourth-order valence-electron chi connectivity index (χ4n) is 2.09. The van der Waals surface area contributed by atoms with Crippen molar-refractivity contribution in [1.82, 2.24) is 19.6 Å². The molecular formula is C13H14N4O. The zero-order valence-electron chi connectivity index (χ0n) is 10.6. The molecule has 5 heteroatoms. The average molecular weight is 242 g/mol. The maximum absolute atomic E-state index is 12.1. The molecule has 2 heterocycles. The smallest absolute Gasteiger partial charge is 0.306 e. The van der Waals surface area contributed by atoms with Gasteiger partial charge in [-0.3, -0.25) is 0 Å². The summed E-state index contributed by atoms with van der Waals surface area (Å²) in [6.45, 7) is 6.04. The number of hydrogen-bond acceptors (Lipinski definition) is 3. The number of para-hydroxylation sites is 1. The standard InChI is InChI=1S/C13H14N4O/c1-13(2,3)11-16-15-10-8-6-4-5-7-9(8)14-12(18)17(10)11/h4-7H,1-3H3,(H,14,18). The monoisotopic (exact) mass is 242 g/mol. The summed E-state index contributed by atoms with van der Waals surface area (Å²) in [5, 5.41) is 9.24. The average Bonchev–Trinajstić information content (AvgIpc) is 2.74. The van der Waals surface area contributed by atoms with Crippen LogP contribution in [0.25, 0.3) is 16.6 Å². The van der Waals surface area contributed by atoms with Crippen LogP contribution in [0.1, 0.15) is 26.6 Å². The molecule has 18 heavy (non-hydrogen) atoms. The second-order valence-electron chi connectivity index (χ2n) is 5.41. The highest BCUT2D eigenvalue weighted by Crippen LogP contribution is 2.22. The first-order chi connectivity index (χ1) is 8.48. The van der Waals surface area contributed by atoms with Crippen LogP contribution in [0.15, 0.2) is 29.1 Å². The van der Waals surface area contributed by atoms with E-state index in [4.69, 9.17) is 0 Å². The van der Waals surface area contributed by atoms with Gasteiger partial charge in [-0.2, -0.15) is 0 Å². The third-order valence-corrected chi connectivity index (χ3v) is 2.95. The minimum Gasteiger partial charge on any atom is -0.306 e. The molecular weight excluding hydrogens is 228 g/mol. The molecule has 0 radical (unpaired) electrons. The van der Waals surface area contributed by atoms with Gasteiger partial charge in [-0.05, 0) is 12.1 Å². The van der Waals surface area contributed by atoms with Gasteiger partial charge in [0.25, 0.3) is 0 Å². The molecule has 0 saturated heterocycles. The van der Waals surface area contributed by atoms with Gasteiger partial charge in [-0.25, -0.2) is 9.20 Å². The van der Waals surface area contributed by atoms with Crippen LogP contribution in [0.4, 0.5) is 0 Å². The van der Waals surface area contributed by atoms with Crippen LogP contribution in [0, 0.1) is 0 Å². The normalized spacial score (nSPS) is 12.4. The van der Waals surface area contributed by atoms with Gasteiger partial charge >= 0.3 is 5.69 Å². The van der Waals surface area contributed by atoms with Crippen LogP contribution in [0.2, 0.25) is 0 Å². The van der Waals surface area contributed by atoms with E-state index in [1.807, 2.05) is 45.0 Å². The Morgan fingerprint density at radius 1 is 1.17 bits per heavy atom. The summed E-state index contributed by atoms with van der Waals surface area (Å²) in [5.74, 6) is 0.671. The topological polar surface area (TPSA) is 63.0 Å². The lowest BCUT2D eigenvalue weighted by atomic mass is 9.96. The van der Waals surface area contributed by atoms with Crippen molar-refractivity contribution in [2.45, 2.75) is 26.2 Å². The summed E-state index contributed by atoms with van der Waals surface area (Å²) >= 11 is 0. The lowest BCUT2D eigenvalue weighted by molar-refractivity contribution is 0.535. The minimum absolute atomic E-state index is 0.196. The van der Waals surface area contributed by atoms with Crippen molar-refractivity contribution in [2.24, 2.45) is 0 Å². The molecule has 0 aliphatic carbocycles. The molecule has 3 rings (SSSR count). The van der Waals surface area contributed by atoms with Gasteiger partial charge in [0.2, 0.25) is 0 Å². The molecule has 0 aliphatic rings. The SMILES string of the molecule is CC(C)(C)c1nnc2c3ccccc3[nH]c(=O)n12. The third kappa shape index (κ3) is 1.44. The third-order valence-electron chi connectivity index (χ3n) is 2.95. The molecule has 0 fully saturated rings. The predicted molar refractivity (Wildman–Crippen MR) is 69.8 cm³/mol. The molecule has 3 aromatic rings. The molecule has 0 unspecified atom stereocenters. The molecule has 2 aromatic heterocycles. The molecule has 1 aromatic carbocycles. The second-order valence-corrected chi connectivity index (χ2v) is 5.41. The van der Waals surface area contributed by atoms with Crippen molar-refractivity contribution in [2.75, 3.05) is 0 Å². The Labute approximate surface area is 103 Å². The Kier molecular flexibility index (Phi) is 2.08. The largest absolute Gasteiger partial charge is 0.333 e. The number of benzene rings is 1. The predicted octanol–water partition coefficient (Wildman–Crippen LogP) is 1.87. The van der Waals surface area contributed by atoms with Gasteiger partial charge < -0.3 is 4.98 Å². The van der Waals surface area contributed by atoms with Crippen LogP contribution < -0.4 is 5.69 Å². The van der Waals surface area contributed by atoms with Crippen molar-refractivity contribution in [3.8, 4) is 0 Å². The number of hydrogen-bond donors (Lipinski definition) is 1. The number of nitrogens with zero attached hydrogens (tertiary/aromatic N) is 3. The number of nitrogens with one attached hydrogen (secondary N) is 1. The zero-order valence-corrected chi connectivity index (χ0v) is 10.6. The molecule has 0 atom stereocenters. The van der Waals surface area contributed by atoms with Crippen LogP contribution in [-0.4, -0.2) is 19.6 Å². The lowest BCUT2D eigenvalue weighted by Gasteiger charge is -2.15. The van der Waals surface area contributed by atoms with Crippen LogP contribution in [0.3, 0.4) is 0 Å². The number of fused-ring (bicyclic) bond motifs is 3. The number of aromatic amines is 1. The molecule has 5 nitrogen and oxygen atoms in total. The fraction of sp³-hybridized carbons (Fsp3) is 0.308. The molecule has 0 aliphatic heterocycles. The highest BCUT2D eigenvalue weighted by Gasteiger charge is 2.23. The Morgan fingerprint density at radius 3 is 2.61 bits per heavy atom. The molecule has 1 N–H and O–H groups in total. The van der Waals surface area contributed by atoms with Gasteiger partial charge in [-0.15, -0.1) is 10.2 Å². The van der Waals surface area contributed by atoms with Crippen LogP contribution >= 0.6 is 0 Å². The van der Waals surface area contributed by atoms with Crippen molar-refractivity contribution >= 4 is 16.6 Å². The maximum Gasteiger partial charge on any atom is 0.333 e. The molecule has 92 valence electrons. The summed E-state index contributed by atoms with van der Waals surface area (Å²) in [7, 11) is 0. The Balaban J connectivity index is 2.55. The Bertz CT molecular complexity index is 792. The van der Waals surface area contributed by atoms with E-state index >= 15 is 0 Å². The van der Waals surface area contributed by atoms with Gasteiger partial charge in [0, 0.05) is 10.8 Å². The van der Waals surface area contributed by atoms with Crippen molar-refractivity contribution < 1.29 is 0 Å². The highest BCUT2D eigenvalue weighted by atomic mass is 16.1. The van der Waals surface area contributed by atoms with E-state index in [0.717, 1.165) is 10.9 Å². The Hall–Kier alpha value is -2.17. The summed E-state index contributed by atoms with van der Waals surface area (Å²) in [4.78, 5) is 15.0. The molecule has 0 amide bonds. The first kappa shape index (κ1) is 11.0. The van der Waals surface area contributed by atoms with E-state index in [0.29, 0.717) is 11.5 Å². The zero-order chi connectivity index (χ0) is 12.9. The molecule has 0 spiro atoms. The van der Waals surface area contributed by atoms with Crippen molar-refractivity contribution in [1.29, 1.82) is 0 Å². The van der Waals surface area contributed by atoms with Gasteiger partial charge in [0.15, 0.2) is 5.65 Å². The van der Waals surface area contributed by atoms with Crippen LogP contribution in [0.5, 0.6) is 0 Å². The van der Waals surface area contributed by atoms with Crippen molar-refractivity contribution in [3.63, 3.8) is 0 Å². The van der Waals surface area contributed by atoms with Crippen LogP contribution in [-0.2, 0) is 5.41 Å². The number of H-pyrrole nitrogens is 1. The van der Waals surface area contributed by atoms with Gasteiger partial charge in [-0.1, -0.05) is 32.9 Å². The number of aromatic nitrogens is 4. The van der Waals surface area contributed by atoms with E-state index in [2.05, 4.69) is 15.2 Å². The van der Waals surface area contributed by atoms with E-state index in [1.54, 1.807) is 4.40 Å². The second kappa shape index (κ2) is 3.41. The Morgan fingerprint density at radius 2 is 1.89 bits per heavy atom. The fourth-order valence-corrected chi connectivity index (χ4v) is 2.09. The summed E-state index contributed by atoms with van der Waals surface area (Å²) in [6, 6.07) is 7.60. The first-order valence-electron chi connectivity index (χ1n) is 5.85. The highest BCUT2D eigenvalue weighted by molar-refractivity contribution is 5.90. The molecule has 0 bridgehead atoms. The van der Waals surface area contributed by atoms with Gasteiger partial charge in [0.1, 0.15) is 5.82 Å². The van der Waals surface area contributed by atoms with Crippen molar-refractivity contribution in [3.05, 3.63) is 40.6 Å². The first-order valence-corrected chi connectivity index (χ1v) is 5.85. The summed E-state index contributed by atoms with van der Waals surface area (Å²) in [6.07, 6.45) is 0. The van der Waals surface area contributed by atoms with E-state index < -0.39 is 0 Å². The quantitative estimate of drug-likeness (QED) is 0.654. The minimum atomic E-state index is -0.227. The number of rotatable bonds is 0.